The van der Waals surface area contributed by atoms with E-state index in [1.54, 1.807) is 6.08 Å². The highest BCUT2D eigenvalue weighted by atomic mass is 16.1. The van der Waals surface area contributed by atoms with Gasteiger partial charge in [-0.25, -0.2) is 0 Å². The Morgan fingerprint density at radius 1 is 0.952 bits per heavy atom. The lowest BCUT2D eigenvalue weighted by Gasteiger charge is -2.22. The molecule has 2 aromatic rings. The van der Waals surface area contributed by atoms with Crippen molar-refractivity contribution in [3.63, 3.8) is 0 Å². The van der Waals surface area contributed by atoms with Crippen molar-refractivity contribution < 1.29 is 4.79 Å². The first-order valence-electron chi connectivity index (χ1n) is 7.25. The fourth-order valence-corrected chi connectivity index (χ4v) is 2.23. The van der Waals surface area contributed by atoms with Crippen molar-refractivity contribution in [2.45, 2.75) is 19.9 Å². The maximum absolute atomic E-state index is 12.1. The second-order valence-corrected chi connectivity index (χ2v) is 5.38. The van der Waals surface area contributed by atoms with E-state index >= 15 is 0 Å². The molecule has 2 aromatic carbocycles. The highest BCUT2D eigenvalue weighted by molar-refractivity contribution is 5.92. The molecular weight excluding hydrogens is 258 g/mol. The summed E-state index contributed by atoms with van der Waals surface area (Å²) in [5.41, 5.74) is 2.16. The summed E-state index contributed by atoms with van der Waals surface area (Å²) >= 11 is 0. The maximum atomic E-state index is 12.1. The third-order valence-electron chi connectivity index (χ3n) is 3.35. The highest BCUT2D eigenvalue weighted by Crippen LogP contribution is 2.21. The van der Waals surface area contributed by atoms with Gasteiger partial charge in [0.2, 0.25) is 5.91 Å². The molecule has 1 atom stereocenters. The minimum absolute atomic E-state index is 0.0270. The van der Waals surface area contributed by atoms with E-state index in [-0.39, 0.29) is 11.9 Å². The van der Waals surface area contributed by atoms with Crippen LogP contribution in [-0.2, 0) is 4.79 Å². The summed E-state index contributed by atoms with van der Waals surface area (Å²) in [5.74, 6) is 0.267. The fourth-order valence-electron chi connectivity index (χ4n) is 2.23. The Kier molecular flexibility index (Phi) is 5.33. The molecule has 0 saturated carbocycles. The number of carbonyl (C=O) groups excluding carboxylic acids is 1. The second-order valence-electron chi connectivity index (χ2n) is 5.38. The number of nitrogens with one attached hydrogen (secondary N) is 1. The van der Waals surface area contributed by atoms with Crippen LogP contribution in [0.5, 0.6) is 0 Å². The molecule has 2 rings (SSSR count). The molecule has 108 valence electrons. The predicted molar refractivity (Wildman–Crippen MR) is 87.6 cm³/mol. The van der Waals surface area contributed by atoms with Gasteiger partial charge < -0.3 is 5.32 Å². The Morgan fingerprint density at radius 2 is 1.52 bits per heavy atom. The monoisotopic (exact) mass is 279 g/mol. The smallest absolute Gasteiger partial charge is 0.244 e. The summed E-state index contributed by atoms with van der Waals surface area (Å²) in [7, 11) is 0. The molecule has 0 unspecified atom stereocenters. The van der Waals surface area contributed by atoms with Gasteiger partial charge in [0.25, 0.3) is 0 Å². The summed E-state index contributed by atoms with van der Waals surface area (Å²) < 4.78 is 0. The third-order valence-corrected chi connectivity index (χ3v) is 3.35. The number of carbonyl (C=O) groups is 1. The molecule has 1 N–H and O–H groups in total. The molecule has 0 aliphatic rings. The molecule has 0 aliphatic heterocycles. The molecule has 21 heavy (non-hydrogen) atoms. The SMILES string of the molecule is CC(C)[C@@H](NC(=O)/C=C/c1ccccc1)c1ccccc1. The lowest BCUT2D eigenvalue weighted by Crippen LogP contribution is -2.30. The Morgan fingerprint density at radius 3 is 2.10 bits per heavy atom. The van der Waals surface area contributed by atoms with Crippen molar-refractivity contribution in [1.29, 1.82) is 0 Å². The number of hydrogen-bond acceptors (Lipinski definition) is 1. The standard InChI is InChI=1S/C19H21NO/c1-15(2)19(17-11-7-4-8-12-17)20-18(21)14-13-16-9-5-3-6-10-16/h3-15,19H,1-2H3,(H,20,21)/b14-13+/t19-/m1/s1. The number of benzene rings is 2. The Hall–Kier alpha value is -2.35. The van der Waals surface area contributed by atoms with Crippen LogP contribution in [0.4, 0.5) is 0 Å². The Balaban J connectivity index is 2.04. The quantitative estimate of drug-likeness (QED) is 0.816. The van der Waals surface area contributed by atoms with Gasteiger partial charge in [-0.2, -0.15) is 0 Å². The molecule has 0 heterocycles. The van der Waals surface area contributed by atoms with Gasteiger partial charge in [-0.1, -0.05) is 74.5 Å². The van der Waals surface area contributed by atoms with E-state index in [2.05, 4.69) is 19.2 Å². The maximum Gasteiger partial charge on any atom is 0.244 e. The van der Waals surface area contributed by atoms with Crippen molar-refractivity contribution in [2.24, 2.45) is 5.92 Å². The van der Waals surface area contributed by atoms with Gasteiger partial charge in [0, 0.05) is 6.08 Å². The zero-order chi connectivity index (χ0) is 15.1. The summed E-state index contributed by atoms with van der Waals surface area (Å²) in [6.07, 6.45) is 3.42. The second kappa shape index (κ2) is 7.44. The summed E-state index contributed by atoms with van der Waals surface area (Å²) in [4.78, 5) is 12.1. The third kappa shape index (κ3) is 4.60. The van der Waals surface area contributed by atoms with Gasteiger partial charge in [0.15, 0.2) is 0 Å². The molecule has 0 radical (unpaired) electrons. The average molecular weight is 279 g/mol. The van der Waals surface area contributed by atoms with Crippen LogP contribution < -0.4 is 5.32 Å². The predicted octanol–water partition coefficient (Wildman–Crippen LogP) is 4.21. The highest BCUT2D eigenvalue weighted by Gasteiger charge is 2.16. The molecule has 1 amide bonds. The van der Waals surface area contributed by atoms with Gasteiger partial charge in [0.1, 0.15) is 0 Å². The molecule has 2 heteroatoms. The van der Waals surface area contributed by atoms with Crippen LogP contribution in [0, 0.1) is 5.92 Å². The molecule has 0 saturated heterocycles. The first-order chi connectivity index (χ1) is 10.2. The molecule has 0 fully saturated rings. The first-order valence-corrected chi connectivity index (χ1v) is 7.25. The van der Waals surface area contributed by atoms with Crippen LogP contribution in [-0.4, -0.2) is 5.91 Å². The fraction of sp³-hybridized carbons (Fsp3) is 0.211. The van der Waals surface area contributed by atoms with Crippen molar-refractivity contribution in [3.05, 3.63) is 77.9 Å². The van der Waals surface area contributed by atoms with Gasteiger partial charge >= 0.3 is 0 Å². The zero-order valence-electron chi connectivity index (χ0n) is 12.5. The van der Waals surface area contributed by atoms with E-state index in [0.29, 0.717) is 5.92 Å². The van der Waals surface area contributed by atoms with Gasteiger partial charge in [-0.3, -0.25) is 4.79 Å². The van der Waals surface area contributed by atoms with Gasteiger partial charge in [-0.15, -0.1) is 0 Å². The van der Waals surface area contributed by atoms with E-state index in [9.17, 15) is 4.79 Å². The normalized spacial score (nSPS) is 12.5. The van der Waals surface area contributed by atoms with Crippen LogP contribution in [0.15, 0.2) is 66.7 Å². The largest absolute Gasteiger partial charge is 0.345 e. The first kappa shape index (κ1) is 15.0. The molecule has 0 bridgehead atoms. The summed E-state index contributed by atoms with van der Waals surface area (Å²) in [5, 5.41) is 3.08. The number of rotatable bonds is 5. The molecular formula is C19H21NO. The van der Waals surface area contributed by atoms with Crippen molar-refractivity contribution in [3.8, 4) is 0 Å². The van der Waals surface area contributed by atoms with E-state index in [1.165, 1.54) is 0 Å². The Bertz CT molecular complexity index is 587. The van der Waals surface area contributed by atoms with Crippen molar-refractivity contribution in [1.82, 2.24) is 5.32 Å². The van der Waals surface area contributed by atoms with Gasteiger partial charge in [-0.05, 0) is 23.1 Å². The van der Waals surface area contributed by atoms with Crippen LogP contribution in [0.3, 0.4) is 0 Å². The minimum atomic E-state index is -0.0681. The summed E-state index contributed by atoms with van der Waals surface area (Å²) in [6.45, 7) is 4.22. The average Bonchev–Trinajstić information content (AvgIpc) is 2.52. The summed E-state index contributed by atoms with van der Waals surface area (Å²) in [6, 6.07) is 19.9. The topological polar surface area (TPSA) is 29.1 Å². The van der Waals surface area contributed by atoms with E-state index in [1.807, 2.05) is 66.7 Å². The van der Waals surface area contributed by atoms with E-state index in [0.717, 1.165) is 11.1 Å². The molecule has 2 nitrogen and oxygen atoms in total. The van der Waals surface area contributed by atoms with Crippen LogP contribution in [0.25, 0.3) is 6.08 Å². The van der Waals surface area contributed by atoms with Gasteiger partial charge in [0.05, 0.1) is 6.04 Å². The zero-order valence-corrected chi connectivity index (χ0v) is 12.5. The van der Waals surface area contributed by atoms with E-state index < -0.39 is 0 Å². The minimum Gasteiger partial charge on any atom is -0.345 e. The Labute approximate surface area is 126 Å². The van der Waals surface area contributed by atoms with E-state index in [4.69, 9.17) is 0 Å². The number of hydrogen-bond donors (Lipinski definition) is 1. The number of amides is 1. The molecule has 0 aromatic heterocycles. The van der Waals surface area contributed by atoms with Crippen molar-refractivity contribution >= 4 is 12.0 Å². The lowest BCUT2D eigenvalue weighted by molar-refractivity contribution is -0.117. The van der Waals surface area contributed by atoms with Crippen LogP contribution in [0.2, 0.25) is 0 Å². The molecule has 0 spiro atoms. The van der Waals surface area contributed by atoms with Crippen LogP contribution >= 0.6 is 0 Å². The van der Waals surface area contributed by atoms with Crippen LogP contribution in [0.1, 0.15) is 31.0 Å². The van der Waals surface area contributed by atoms with Crippen molar-refractivity contribution in [2.75, 3.05) is 0 Å². The molecule has 0 aliphatic carbocycles. The lowest BCUT2D eigenvalue weighted by atomic mass is 9.96.